The first-order valence-electron chi connectivity index (χ1n) is 7.45. The molecule has 21 heavy (non-hydrogen) atoms. The van der Waals surface area contributed by atoms with Gasteiger partial charge in [0.05, 0.1) is 17.9 Å². The van der Waals surface area contributed by atoms with E-state index in [2.05, 4.69) is 28.9 Å². The number of ether oxygens (including phenoxy) is 1. The fourth-order valence-electron chi connectivity index (χ4n) is 3.11. The number of aliphatic hydroxyl groups is 1. The molecule has 2 heterocycles. The molecule has 0 radical (unpaired) electrons. The van der Waals surface area contributed by atoms with Gasteiger partial charge in [-0.1, -0.05) is 24.3 Å². The minimum Gasteiger partial charge on any atom is -0.390 e. The highest BCUT2D eigenvalue weighted by atomic mass is 16.5. The largest absolute Gasteiger partial charge is 0.390 e. The van der Waals surface area contributed by atoms with Crippen molar-refractivity contribution < 1.29 is 9.84 Å². The zero-order chi connectivity index (χ0) is 14.9. The van der Waals surface area contributed by atoms with E-state index in [9.17, 15) is 5.11 Å². The van der Waals surface area contributed by atoms with Crippen LogP contribution in [0.1, 0.15) is 25.5 Å². The number of rotatable bonds is 3. The summed E-state index contributed by atoms with van der Waals surface area (Å²) in [5.74, 6) is 0.958. The molecule has 4 heteroatoms. The molecular weight excluding hydrogens is 264 g/mol. The van der Waals surface area contributed by atoms with Gasteiger partial charge in [0, 0.05) is 25.6 Å². The molecular formula is C17H22N2O2. The fourth-order valence-corrected chi connectivity index (χ4v) is 3.11. The van der Waals surface area contributed by atoms with E-state index in [1.165, 1.54) is 0 Å². The van der Waals surface area contributed by atoms with Crippen LogP contribution in [0.5, 0.6) is 0 Å². The van der Waals surface area contributed by atoms with E-state index in [-0.39, 0.29) is 12.2 Å². The Balaban J connectivity index is 2.06. The molecule has 3 rings (SSSR count). The lowest BCUT2D eigenvalue weighted by atomic mass is 9.94. The summed E-state index contributed by atoms with van der Waals surface area (Å²) in [6, 6.07) is 10.2. The van der Waals surface area contributed by atoms with Gasteiger partial charge in [-0.3, -0.25) is 0 Å². The molecule has 1 N–H and O–H groups in total. The van der Waals surface area contributed by atoms with Gasteiger partial charge in [-0.25, -0.2) is 4.98 Å². The summed E-state index contributed by atoms with van der Waals surface area (Å²) >= 11 is 0. The molecule has 1 atom stereocenters. The van der Waals surface area contributed by atoms with Crippen LogP contribution in [0.3, 0.4) is 0 Å². The number of anilines is 1. The number of aromatic nitrogens is 1. The van der Waals surface area contributed by atoms with Crippen LogP contribution in [0.2, 0.25) is 0 Å². The summed E-state index contributed by atoms with van der Waals surface area (Å²) in [5.41, 5.74) is 0.587. The second-order valence-corrected chi connectivity index (χ2v) is 6.00. The summed E-state index contributed by atoms with van der Waals surface area (Å²) in [4.78, 5) is 6.95. The number of nitrogens with zero attached hydrogens (tertiary/aromatic N) is 2. The van der Waals surface area contributed by atoms with Crippen molar-refractivity contribution in [3.63, 3.8) is 0 Å². The first-order chi connectivity index (χ1) is 10.1. The lowest BCUT2D eigenvalue weighted by molar-refractivity contribution is -0.00476. The van der Waals surface area contributed by atoms with Crippen molar-refractivity contribution in [2.45, 2.75) is 32.0 Å². The Kier molecular flexibility index (Phi) is 3.83. The Morgan fingerprint density at radius 2 is 2.19 bits per heavy atom. The maximum Gasteiger partial charge on any atom is 0.136 e. The van der Waals surface area contributed by atoms with Crippen LogP contribution in [0.15, 0.2) is 30.3 Å². The third-order valence-corrected chi connectivity index (χ3v) is 4.39. The molecule has 1 aliphatic rings. The van der Waals surface area contributed by atoms with Crippen molar-refractivity contribution in [2.75, 3.05) is 25.1 Å². The van der Waals surface area contributed by atoms with Gasteiger partial charge in [-0.05, 0) is 31.2 Å². The number of hydrogen-bond acceptors (Lipinski definition) is 4. The van der Waals surface area contributed by atoms with Gasteiger partial charge in [-0.2, -0.15) is 0 Å². The van der Waals surface area contributed by atoms with Gasteiger partial charge in [0.25, 0.3) is 0 Å². The lowest BCUT2D eigenvalue weighted by Crippen LogP contribution is -2.47. The van der Waals surface area contributed by atoms with E-state index in [1.54, 1.807) is 7.11 Å². The predicted molar refractivity (Wildman–Crippen MR) is 84.5 cm³/mol. The lowest BCUT2D eigenvalue weighted by Gasteiger charge is -2.40. The molecule has 1 unspecified atom stereocenters. The van der Waals surface area contributed by atoms with Crippen molar-refractivity contribution >= 4 is 16.6 Å². The molecule has 0 bridgehead atoms. The standard InChI is InChI=1S/C17H22N2O2/c1-17(21-2)8-5-9-19(12-17)16-15-7-4-3-6-13(15)10-14(11-20)18-16/h3-4,6-7,10,20H,5,8-9,11-12H2,1-2H3. The van der Waals surface area contributed by atoms with Gasteiger partial charge in [-0.15, -0.1) is 0 Å². The molecule has 0 spiro atoms. The molecule has 0 saturated carbocycles. The molecule has 0 aliphatic carbocycles. The monoisotopic (exact) mass is 286 g/mol. The highest BCUT2D eigenvalue weighted by molar-refractivity contribution is 5.92. The predicted octanol–water partition coefficient (Wildman–Crippen LogP) is 2.73. The SMILES string of the molecule is COC1(C)CCCN(c2nc(CO)cc3ccccc23)C1. The van der Waals surface area contributed by atoms with E-state index in [4.69, 9.17) is 4.74 Å². The molecule has 4 nitrogen and oxygen atoms in total. The van der Waals surface area contributed by atoms with E-state index in [0.29, 0.717) is 5.69 Å². The maximum absolute atomic E-state index is 9.46. The van der Waals surface area contributed by atoms with Gasteiger partial charge in [0.1, 0.15) is 5.82 Å². The summed E-state index contributed by atoms with van der Waals surface area (Å²) in [6.07, 6.45) is 2.15. The minimum atomic E-state index is -0.129. The normalized spacial score (nSPS) is 22.7. The Morgan fingerprint density at radius 1 is 1.38 bits per heavy atom. The van der Waals surface area contributed by atoms with Crippen LogP contribution in [0.25, 0.3) is 10.8 Å². The Labute approximate surface area is 125 Å². The van der Waals surface area contributed by atoms with E-state index >= 15 is 0 Å². The quantitative estimate of drug-likeness (QED) is 0.942. The molecule has 0 amide bonds. The van der Waals surface area contributed by atoms with E-state index in [1.807, 2.05) is 18.2 Å². The van der Waals surface area contributed by atoms with Crippen molar-refractivity contribution in [1.29, 1.82) is 0 Å². The van der Waals surface area contributed by atoms with E-state index in [0.717, 1.165) is 42.5 Å². The fraction of sp³-hybridized carbons (Fsp3) is 0.471. The Bertz CT molecular complexity index is 644. The number of pyridine rings is 1. The molecule has 112 valence electrons. The first-order valence-corrected chi connectivity index (χ1v) is 7.45. The average molecular weight is 286 g/mol. The number of hydrogen-bond donors (Lipinski definition) is 1. The van der Waals surface area contributed by atoms with Crippen molar-refractivity contribution in [3.05, 3.63) is 36.0 Å². The van der Waals surface area contributed by atoms with Crippen LogP contribution in [0, 0.1) is 0 Å². The van der Waals surface area contributed by atoms with Gasteiger partial charge >= 0.3 is 0 Å². The first kappa shape index (κ1) is 14.3. The Morgan fingerprint density at radius 3 is 2.95 bits per heavy atom. The van der Waals surface area contributed by atoms with Gasteiger partial charge in [0.2, 0.25) is 0 Å². The molecule has 1 fully saturated rings. The highest BCUT2D eigenvalue weighted by Gasteiger charge is 2.32. The third kappa shape index (κ3) is 2.74. The second-order valence-electron chi connectivity index (χ2n) is 6.00. The number of piperidine rings is 1. The Hall–Kier alpha value is -1.65. The highest BCUT2D eigenvalue weighted by Crippen LogP contribution is 2.31. The summed E-state index contributed by atoms with van der Waals surface area (Å²) in [6.45, 7) is 3.92. The number of methoxy groups -OCH3 is 1. The number of fused-ring (bicyclic) bond motifs is 1. The third-order valence-electron chi connectivity index (χ3n) is 4.39. The summed E-state index contributed by atoms with van der Waals surface area (Å²) < 4.78 is 5.68. The molecule has 1 aromatic heterocycles. The second kappa shape index (κ2) is 5.62. The smallest absolute Gasteiger partial charge is 0.136 e. The van der Waals surface area contributed by atoms with Crippen LogP contribution < -0.4 is 4.90 Å². The zero-order valence-electron chi connectivity index (χ0n) is 12.7. The zero-order valence-corrected chi connectivity index (χ0v) is 12.7. The van der Waals surface area contributed by atoms with Gasteiger partial charge in [0.15, 0.2) is 0 Å². The van der Waals surface area contributed by atoms with Gasteiger partial charge < -0.3 is 14.7 Å². The number of benzene rings is 1. The minimum absolute atomic E-state index is 0.0345. The average Bonchev–Trinajstić information content (AvgIpc) is 2.53. The molecule has 1 saturated heterocycles. The van der Waals surface area contributed by atoms with Crippen molar-refractivity contribution in [3.8, 4) is 0 Å². The van der Waals surface area contributed by atoms with Crippen molar-refractivity contribution in [2.24, 2.45) is 0 Å². The van der Waals surface area contributed by atoms with E-state index < -0.39 is 0 Å². The summed E-state index contributed by atoms with van der Waals surface area (Å²) in [5, 5.41) is 11.7. The number of aliphatic hydroxyl groups excluding tert-OH is 1. The maximum atomic E-state index is 9.46. The summed E-state index contributed by atoms with van der Waals surface area (Å²) in [7, 11) is 1.78. The molecule has 2 aromatic rings. The van der Waals surface area contributed by atoms with Crippen LogP contribution in [-0.4, -0.2) is 35.9 Å². The van der Waals surface area contributed by atoms with Crippen molar-refractivity contribution in [1.82, 2.24) is 4.98 Å². The molecule has 1 aromatic carbocycles. The topological polar surface area (TPSA) is 45.6 Å². The van der Waals surface area contributed by atoms with Crippen LogP contribution in [0.4, 0.5) is 5.82 Å². The van der Waals surface area contributed by atoms with Crippen LogP contribution >= 0.6 is 0 Å². The van der Waals surface area contributed by atoms with Crippen LogP contribution in [-0.2, 0) is 11.3 Å². The molecule has 1 aliphatic heterocycles.